The Morgan fingerprint density at radius 3 is 3.00 bits per heavy atom. The Bertz CT molecular complexity index is 650. The van der Waals surface area contributed by atoms with Crippen molar-refractivity contribution in [2.45, 2.75) is 31.7 Å². The molecule has 1 aromatic heterocycles. The number of anilines is 1. The maximum absolute atomic E-state index is 12.7. The van der Waals surface area contributed by atoms with Gasteiger partial charge in [-0.05, 0) is 37.1 Å². The summed E-state index contributed by atoms with van der Waals surface area (Å²) >= 11 is 0. The molecule has 1 aliphatic rings. The zero-order valence-corrected chi connectivity index (χ0v) is 12.0. The summed E-state index contributed by atoms with van der Waals surface area (Å²) in [6, 6.07) is 7.32. The van der Waals surface area contributed by atoms with Gasteiger partial charge in [0, 0.05) is 23.1 Å². The number of hydrogen-bond acceptors (Lipinski definition) is 3. The Kier molecular flexibility index (Phi) is 3.84. The average Bonchev–Trinajstić information content (AvgIpc) is 2.75. The molecule has 1 atom stereocenters. The van der Waals surface area contributed by atoms with Crippen LogP contribution in [0.1, 0.15) is 36.2 Å². The van der Waals surface area contributed by atoms with E-state index in [0.29, 0.717) is 17.9 Å². The summed E-state index contributed by atoms with van der Waals surface area (Å²) in [4.78, 5) is 17.7. The Morgan fingerprint density at radius 2 is 2.19 bits per heavy atom. The minimum Gasteiger partial charge on any atom is -0.399 e. The highest BCUT2D eigenvalue weighted by Crippen LogP contribution is 2.22. The standard InChI is InChI=1S/C16H21N3O2/c17-12-5-6-14-11(8-12)9-15(18-14)16(21)19-7-3-1-2-4-13(19)10-20/h5-6,8-9,13,18,20H,1-4,7,10,17H2. The topological polar surface area (TPSA) is 82.4 Å². The van der Waals surface area contributed by atoms with Gasteiger partial charge in [0.2, 0.25) is 0 Å². The molecule has 1 amide bonds. The quantitative estimate of drug-likeness (QED) is 0.740. The van der Waals surface area contributed by atoms with E-state index in [-0.39, 0.29) is 18.6 Å². The van der Waals surface area contributed by atoms with Crippen LogP contribution in [0, 0.1) is 0 Å². The van der Waals surface area contributed by atoms with Crippen molar-refractivity contribution in [3.05, 3.63) is 30.0 Å². The minimum absolute atomic E-state index is 0.0267. The van der Waals surface area contributed by atoms with Crippen LogP contribution in [-0.2, 0) is 0 Å². The minimum atomic E-state index is -0.0727. The number of H-pyrrole nitrogens is 1. The molecule has 112 valence electrons. The van der Waals surface area contributed by atoms with Gasteiger partial charge in [-0.15, -0.1) is 0 Å². The molecule has 21 heavy (non-hydrogen) atoms. The van der Waals surface area contributed by atoms with Gasteiger partial charge in [0.05, 0.1) is 12.6 Å². The Morgan fingerprint density at radius 1 is 1.33 bits per heavy atom. The number of nitrogens with zero attached hydrogens (tertiary/aromatic N) is 1. The van der Waals surface area contributed by atoms with Gasteiger partial charge in [-0.3, -0.25) is 4.79 Å². The summed E-state index contributed by atoms with van der Waals surface area (Å²) in [6.07, 6.45) is 4.05. The first kappa shape index (κ1) is 13.9. The second-order valence-electron chi connectivity index (χ2n) is 5.71. The molecule has 0 radical (unpaired) electrons. The summed E-state index contributed by atoms with van der Waals surface area (Å²) in [5, 5.41) is 10.5. The first-order valence-electron chi connectivity index (χ1n) is 7.49. The van der Waals surface area contributed by atoms with Crippen molar-refractivity contribution >= 4 is 22.5 Å². The fourth-order valence-electron chi connectivity index (χ4n) is 3.06. The number of carbonyl (C=O) groups is 1. The number of hydrogen-bond donors (Lipinski definition) is 3. The number of aromatic nitrogens is 1. The van der Waals surface area contributed by atoms with Gasteiger partial charge in [0.25, 0.3) is 5.91 Å². The molecule has 2 aromatic rings. The van der Waals surface area contributed by atoms with E-state index in [0.717, 1.165) is 36.6 Å². The smallest absolute Gasteiger partial charge is 0.270 e. The van der Waals surface area contributed by atoms with Crippen LogP contribution in [0.25, 0.3) is 10.9 Å². The number of amides is 1. The van der Waals surface area contributed by atoms with Crippen molar-refractivity contribution in [2.24, 2.45) is 0 Å². The predicted octanol–water partition coefficient (Wildman–Crippen LogP) is 2.13. The Hall–Kier alpha value is -2.01. The molecule has 4 N–H and O–H groups in total. The number of rotatable bonds is 2. The van der Waals surface area contributed by atoms with Gasteiger partial charge in [-0.25, -0.2) is 0 Å². The highest BCUT2D eigenvalue weighted by atomic mass is 16.3. The Labute approximate surface area is 123 Å². The van der Waals surface area contributed by atoms with Gasteiger partial charge in [0.1, 0.15) is 5.69 Å². The number of nitrogen functional groups attached to an aromatic ring is 1. The SMILES string of the molecule is Nc1ccc2[nH]c(C(=O)N3CCCCCC3CO)cc2c1. The van der Waals surface area contributed by atoms with E-state index in [2.05, 4.69) is 4.98 Å². The van der Waals surface area contributed by atoms with Gasteiger partial charge >= 0.3 is 0 Å². The lowest BCUT2D eigenvalue weighted by Gasteiger charge is -2.28. The Balaban J connectivity index is 1.90. The van der Waals surface area contributed by atoms with Crippen molar-refractivity contribution in [3.63, 3.8) is 0 Å². The highest BCUT2D eigenvalue weighted by Gasteiger charge is 2.26. The maximum atomic E-state index is 12.7. The van der Waals surface area contributed by atoms with Crippen LogP contribution in [0.2, 0.25) is 0 Å². The van der Waals surface area contributed by atoms with Crippen LogP contribution in [-0.4, -0.2) is 40.1 Å². The van der Waals surface area contributed by atoms with Crippen LogP contribution in [0.3, 0.4) is 0 Å². The summed E-state index contributed by atoms with van der Waals surface area (Å²) < 4.78 is 0. The molecule has 0 aliphatic carbocycles. The molecule has 0 saturated carbocycles. The normalized spacial score (nSPS) is 19.7. The van der Waals surface area contributed by atoms with Crippen molar-refractivity contribution in [1.29, 1.82) is 0 Å². The third kappa shape index (κ3) is 2.74. The lowest BCUT2D eigenvalue weighted by Crippen LogP contribution is -2.42. The van der Waals surface area contributed by atoms with Crippen LogP contribution >= 0.6 is 0 Å². The first-order valence-corrected chi connectivity index (χ1v) is 7.49. The number of aromatic amines is 1. The van der Waals surface area contributed by atoms with Crippen LogP contribution in [0.4, 0.5) is 5.69 Å². The molecular weight excluding hydrogens is 266 g/mol. The van der Waals surface area contributed by atoms with Crippen LogP contribution in [0.5, 0.6) is 0 Å². The summed E-state index contributed by atoms with van der Waals surface area (Å²) in [7, 11) is 0. The van der Waals surface area contributed by atoms with E-state index in [1.54, 1.807) is 4.90 Å². The molecule has 2 heterocycles. The molecule has 1 aliphatic heterocycles. The summed E-state index contributed by atoms with van der Waals surface area (Å²) in [5.74, 6) is -0.0364. The molecule has 5 heteroatoms. The van der Waals surface area contributed by atoms with Gasteiger partial charge in [0.15, 0.2) is 0 Å². The second kappa shape index (κ2) is 5.77. The van der Waals surface area contributed by atoms with Crippen molar-refractivity contribution in [1.82, 2.24) is 9.88 Å². The molecule has 0 spiro atoms. The fraction of sp³-hybridized carbons (Fsp3) is 0.438. The number of carbonyl (C=O) groups excluding carboxylic acids is 1. The van der Waals surface area contributed by atoms with E-state index in [1.165, 1.54) is 0 Å². The molecule has 0 bridgehead atoms. The molecule has 1 unspecified atom stereocenters. The molecular formula is C16H21N3O2. The van der Waals surface area contributed by atoms with Gasteiger partial charge < -0.3 is 20.7 Å². The molecule has 1 saturated heterocycles. The van der Waals surface area contributed by atoms with Crippen molar-refractivity contribution in [2.75, 3.05) is 18.9 Å². The molecule has 5 nitrogen and oxygen atoms in total. The molecule has 1 fully saturated rings. The number of likely N-dealkylation sites (tertiary alicyclic amines) is 1. The van der Waals surface area contributed by atoms with Crippen molar-refractivity contribution < 1.29 is 9.90 Å². The van der Waals surface area contributed by atoms with Crippen LogP contribution < -0.4 is 5.73 Å². The molecule has 1 aromatic carbocycles. The number of aliphatic hydroxyl groups excluding tert-OH is 1. The second-order valence-corrected chi connectivity index (χ2v) is 5.71. The number of nitrogens with two attached hydrogens (primary N) is 1. The van der Waals surface area contributed by atoms with E-state index >= 15 is 0 Å². The van der Waals surface area contributed by atoms with Crippen molar-refractivity contribution in [3.8, 4) is 0 Å². The number of nitrogens with one attached hydrogen (secondary N) is 1. The number of fused-ring (bicyclic) bond motifs is 1. The van der Waals surface area contributed by atoms with E-state index in [1.807, 2.05) is 24.3 Å². The first-order chi connectivity index (χ1) is 10.2. The zero-order chi connectivity index (χ0) is 14.8. The predicted molar refractivity (Wildman–Crippen MR) is 83.1 cm³/mol. The highest BCUT2D eigenvalue weighted by molar-refractivity contribution is 5.98. The van der Waals surface area contributed by atoms with E-state index in [4.69, 9.17) is 5.73 Å². The number of benzene rings is 1. The van der Waals surface area contributed by atoms with E-state index < -0.39 is 0 Å². The largest absolute Gasteiger partial charge is 0.399 e. The monoisotopic (exact) mass is 287 g/mol. The van der Waals surface area contributed by atoms with Crippen LogP contribution in [0.15, 0.2) is 24.3 Å². The lowest BCUT2D eigenvalue weighted by atomic mass is 10.1. The summed E-state index contributed by atoms with van der Waals surface area (Å²) in [6.45, 7) is 0.737. The maximum Gasteiger partial charge on any atom is 0.270 e. The van der Waals surface area contributed by atoms with Gasteiger partial charge in [-0.2, -0.15) is 0 Å². The molecule has 3 rings (SSSR count). The third-order valence-corrected chi connectivity index (χ3v) is 4.22. The average molecular weight is 287 g/mol. The van der Waals surface area contributed by atoms with Gasteiger partial charge in [-0.1, -0.05) is 12.8 Å². The number of aliphatic hydroxyl groups is 1. The fourth-order valence-corrected chi connectivity index (χ4v) is 3.06. The lowest BCUT2D eigenvalue weighted by molar-refractivity contribution is 0.0595. The van der Waals surface area contributed by atoms with E-state index in [9.17, 15) is 9.90 Å². The summed E-state index contributed by atoms with van der Waals surface area (Å²) in [5.41, 5.74) is 7.93. The zero-order valence-electron chi connectivity index (χ0n) is 12.0. The third-order valence-electron chi connectivity index (χ3n) is 4.22.